The van der Waals surface area contributed by atoms with Gasteiger partial charge in [-0.25, -0.2) is 4.39 Å². The molecule has 5 nitrogen and oxygen atoms in total. The number of halogens is 1. The predicted octanol–water partition coefficient (Wildman–Crippen LogP) is 5.19. The summed E-state index contributed by atoms with van der Waals surface area (Å²) >= 11 is 0. The number of benzene rings is 1. The van der Waals surface area contributed by atoms with Crippen LogP contribution in [-0.4, -0.2) is 51.2 Å². The van der Waals surface area contributed by atoms with Gasteiger partial charge in [-0.05, 0) is 42.2 Å². The molecule has 5 rings (SSSR count). The minimum absolute atomic E-state index is 0.0485. The number of alkyl halides is 1. The molecule has 3 aliphatic heterocycles. The first-order valence-electron chi connectivity index (χ1n) is 12.7. The van der Waals surface area contributed by atoms with Crippen LogP contribution in [0, 0.1) is 5.92 Å². The molecular formula is C29H34FNO4. The number of fused-ring (bicyclic) bond motifs is 5. The van der Waals surface area contributed by atoms with Gasteiger partial charge in [0.2, 0.25) is 5.91 Å². The molecule has 4 aliphatic rings. The normalized spacial score (nSPS) is 28.1. The Balaban J connectivity index is 1.41. The molecule has 0 radical (unpaired) electrons. The number of hydrogen-bond acceptors (Lipinski definition) is 4. The molecule has 2 fully saturated rings. The second kappa shape index (κ2) is 10.1. The maximum Gasteiger partial charge on any atom is 0.240 e. The van der Waals surface area contributed by atoms with Crippen molar-refractivity contribution in [2.45, 2.75) is 50.7 Å². The number of para-hydroxylation sites is 1. The standard InChI is InChI=1S/C29H34FNO4/c1-3-8-22(34-18-20(4-2)9-7-13-30)17-31-25-11-6-5-10-23(25)29(28(31)32)19-35-27-16-26-21(12-14-33-26)15-24(27)29/h4-7,9-11,15-16,22,24,27H,3,8,12-14,17-19H2,1-2H3/b9-7-,20-4+/t22-,24?,27?,29?/m0/s1. The van der Waals surface area contributed by atoms with Gasteiger partial charge >= 0.3 is 0 Å². The van der Waals surface area contributed by atoms with Crippen molar-refractivity contribution in [2.75, 3.05) is 37.9 Å². The highest BCUT2D eigenvalue weighted by molar-refractivity contribution is 6.09. The lowest BCUT2D eigenvalue weighted by Gasteiger charge is -2.31. The zero-order chi connectivity index (χ0) is 24.4. The van der Waals surface area contributed by atoms with Gasteiger partial charge < -0.3 is 19.1 Å². The fourth-order valence-electron chi connectivity index (χ4n) is 5.86. The summed E-state index contributed by atoms with van der Waals surface area (Å²) in [7, 11) is 0. The summed E-state index contributed by atoms with van der Waals surface area (Å²) < 4.78 is 30.8. The van der Waals surface area contributed by atoms with Crippen molar-refractivity contribution in [3.63, 3.8) is 0 Å². The van der Waals surface area contributed by atoms with E-state index in [9.17, 15) is 9.18 Å². The van der Waals surface area contributed by atoms with Crippen LogP contribution in [0.5, 0.6) is 0 Å². The van der Waals surface area contributed by atoms with Crippen LogP contribution in [0.25, 0.3) is 0 Å². The van der Waals surface area contributed by atoms with Gasteiger partial charge in [0.05, 0.1) is 38.6 Å². The van der Waals surface area contributed by atoms with Gasteiger partial charge in [0, 0.05) is 18.0 Å². The van der Waals surface area contributed by atoms with E-state index in [-0.39, 0.29) is 24.0 Å². The molecule has 1 aromatic carbocycles. The van der Waals surface area contributed by atoms with E-state index in [2.05, 4.69) is 25.1 Å². The predicted molar refractivity (Wildman–Crippen MR) is 134 cm³/mol. The zero-order valence-electron chi connectivity index (χ0n) is 20.5. The van der Waals surface area contributed by atoms with Gasteiger partial charge in [-0.3, -0.25) is 4.79 Å². The van der Waals surface area contributed by atoms with E-state index < -0.39 is 12.1 Å². The van der Waals surface area contributed by atoms with Crippen molar-refractivity contribution < 1.29 is 23.4 Å². The van der Waals surface area contributed by atoms with Gasteiger partial charge in [-0.1, -0.05) is 55.8 Å². The Morgan fingerprint density at radius 2 is 2.20 bits per heavy atom. The topological polar surface area (TPSA) is 48.0 Å². The maximum atomic E-state index is 14.3. The molecule has 1 aromatic rings. The number of amides is 1. The SMILES string of the molecule is C/C=C(\C=C/CF)CO[C@@H](CCC)CN1C(=O)C2(COC3C=C4OCCC4=CC32)c2ccccc21. The van der Waals surface area contributed by atoms with Crippen molar-refractivity contribution in [2.24, 2.45) is 5.92 Å². The lowest BCUT2D eigenvalue weighted by molar-refractivity contribution is -0.124. The first-order valence-corrected chi connectivity index (χ1v) is 12.7. The van der Waals surface area contributed by atoms with Crippen LogP contribution in [0.1, 0.15) is 38.7 Å². The minimum atomic E-state index is -0.728. The molecule has 1 amide bonds. The molecule has 35 heavy (non-hydrogen) atoms. The van der Waals surface area contributed by atoms with Crippen LogP contribution < -0.4 is 4.90 Å². The van der Waals surface area contributed by atoms with Crippen LogP contribution in [0.2, 0.25) is 0 Å². The van der Waals surface area contributed by atoms with E-state index in [0.717, 1.165) is 41.8 Å². The van der Waals surface area contributed by atoms with Crippen molar-refractivity contribution >= 4 is 11.6 Å². The molecule has 0 N–H and O–H groups in total. The maximum absolute atomic E-state index is 14.3. The summed E-state index contributed by atoms with van der Waals surface area (Å²) in [5.41, 5.74) is 3.38. The molecule has 1 aliphatic carbocycles. The quantitative estimate of drug-likeness (QED) is 0.458. The molecule has 3 heterocycles. The molecule has 1 spiro atoms. The van der Waals surface area contributed by atoms with Crippen LogP contribution in [-0.2, 0) is 24.4 Å². The highest BCUT2D eigenvalue weighted by atomic mass is 19.1. The molecule has 0 aromatic heterocycles. The van der Waals surface area contributed by atoms with Gasteiger partial charge in [0.15, 0.2) is 0 Å². The van der Waals surface area contributed by atoms with Crippen molar-refractivity contribution in [1.29, 1.82) is 0 Å². The molecule has 186 valence electrons. The molecular weight excluding hydrogens is 445 g/mol. The molecule has 0 saturated carbocycles. The molecule has 4 atom stereocenters. The van der Waals surface area contributed by atoms with Crippen molar-refractivity contribution in [3.05, 3.63) is 77.1 Å². The molecule has 3 unspecified atom stereocenters. The Morgan fingerprint density at radius 3 is 3.00 bits per heavy atom. The lowest BCUT2D eigenvalue weighted by atomic mass is 9.69. The summed E-state index contributed by atoms with van der Waals surface area (Å²) in [6.07, 6.45) is 11.8. The van der Waals surface area contributed by atoms with Gasteiger partial charge in [0.25, 0.3) is 0 Å². The summed E-state index contributed by atoms with van der Waals surface area (Å²) in [5, 5.41) is 0. The Bertz CT molecular complexity index is 1090. The Kier molecular flexibility index (Phi) is 6.94. The Labute approximate surface area is 206 Å². The zero-order valence-corrected chi connectivity index (χ0v) is 20.5. The smallest absolute Gasteiger partial charge is 0.240 e. The summed E-state index contributed by atoms with van der Waals surface area (Å²) in [4.78, 5) is 16.2. The van der Waals surface area contributed by atoms with Crippen molar-refractivity contribution in [1.82, 2.24) is 0 Å². The minimum Gasteiger partial charge on any atom is -0.493 e. The lowest BCUT2D eigenvalue weighted by Crippen LogP contribution is -2.48. The number of carbonyl (C=O) groups is 1. The highest BCUT2D eigenvalue weighted by Crippen LogP contribution is 2.54. The third-order valence-electron chi connectivity index (χ3n) is 7.64. The van der Waals surface area contributed by atoms with Gasteiger partial charge in [-0.2, -0.15) is 0 Å². The second-order valence-electron chi connectivity index (χ2n) is 9.67. The summed E-state index contributed by atoms with van der Waals surface area (Å²) in [6, 6.07) is 8.12. The van der Waals surface area contributed by atoms with E-state index in [1.807, 2.05) is 36.1 Å². The van der Waals surface area contributed by atoms with Crippen LogP contribution in [0.15, 0.2) is 71.6 Å². The third-order valence-corrected chi connectivity index (χ3v) is 7.64. The first-order chi connectivity index (χ1) is 17.1. The summed E-state index contributed by atoms with van der Waals surface area (Å²) in [5.74, 6) is 0.955. The molecule has 0 bridgehead atoms. The average molecular weight is 480 g/mol. The fraction of sp³-hybridized carbons (Fsp3) is 0.483. The number of nitrogens with zero attached hydrogens (tertiary/aromatic N) is 1. The number of hydrogen-bond donors (Lipinski definition) is 0. The number of carbonyl (C=O) groups excluding carboxylic acids is 1. The van der Waals surface area contributed by atoms with E-state index in [1.54, 1.807) is 6.08 Å². The van der Waals surface area contributed by atoms with E-state index in [1.165, 1.54) is 11.6 Å². The van der Waals surface area contributed by atoms with E-state index in [4.69, 9.17) is 14.2 Å². The first kappa shape index (κ1) is 24.0. The third kappa shape index (κ3) is 4.17. The Hall–Kier alpha value is -2.70. The van der Waals surface area contributed by atoms with E-state index in [0.29, 0.717) is 26.4 Å². The van der Waals surface area contributed by atoms with Crippen LogP contribution in [0.3, 0.4) is 0 Å². The number of anilines is 1. The number of ether oxygens (including phenoxy) is 3. The number of rotatable bonds is 9. The fourth-order valence-corrected chi connectivity index (χ4v) is 5.86. The van der Waals surface area contributed by atoms with E-state index >= 15 is 0 Å². The molecule has 2 saturated heterocycles. The molecule has 6 heteroatoms. The number of allylic oxidation sites excluding steroid dienone is 3. The van der Waals surface area contributed by atoms with Crippen LogP contribution in [0.4, 0.5) is 10.1 Å². The van der Waals surface area contributed by atoms with Crippen molar-refractivity contribution in [3.8, 4) is 0 Å². The second-order valence-corrected chi connectivity index (χ2v) is 9.67. The van der Waals surface area contributed by atoms with Gasteiger partial charge in [-0.15, -0.1) is 0 Å². The summed E-state index contributed by atoms with van der Waals surface area (Å²) in [6.45, 7) is 5.45. The highest BCUT2D eigenvalue weighted by Gasteiger charge is 2.61. The largest absolute Gasteiger partial charge is 0.493 e. The Morgan fingerprint density at radius 1 is 1.34 bits per heavy atom. The van der Waals surface area contributed by atoms with Crippen LogP contribution >= 0.6 is 0 Å². The average Bonchev–Trinajstić information content (AvgIpc) is 3.55. The van der Waals surface area contributed by atoms with Gasteiger partial charge in [0.1, 0.15) is 17.8 Å². The monoisotopic (exact) mass is 479 g/mol.